The minimum absolute atomic E-state index is 0.0438. The number of amides is 3. The minimum atomic E-state index is -0.647. The normalized spacial score (nSPS) is 16.8. The molecule has 0 radical (unpaired) electrons. The van der Waals surface area contributed by atoms with E-state index in [1.165, 1.54) is 11.1 Å². The number of primary amides is 1. The zero-order valence-corrected chi connectivity index (χ0v) is 12.6. The highest BCUT2D eigenvalue weighted by Crippen LogP contribution is 2.20. The van der Waals surface area contributed by atoms with Crippen LogP contribution < -0.4 is 11.1 Å². The van der Waals surface area contributed by atoms with Crippen molar-refractivity contribution in [2.45, 2.75) is 39.3 Å². The van der Waals surface area contributed by atoms with Crippen molar-refractivity contribution in [2.24, 2.45) is 11.7 Å². The first-order chi connectivity index (χ1) is 10.0. The van der Waals surface area contributed by atoms with E-state index < -0.39 is 12.1 Å². The van der Waals surface area contributed by atoms with Crippen LogP contribution in [0.25, 0.3) is 0 Å². The van der Waals surface area contributed by atoms with Crippen molar-refractivity contribution in [3.63, 3.8) is 0 Å². The van der Waals surface area contributed by atoms with Crippen LogP contribution in [0.2, 0.25) is 0 Å². The number of nitrogens with one attached hydrogen (secondary N) is 1. The third-order valence-electron chi connectivity index (χ3n) is 4.22. The average molecular weight is 289 g/mol. The lowest BCUT2D eigenvalue weighted by Gasteiger charge is -2.33. The van der Waals surface area contributed by atoms with Crippen LogP contribution in [0.15, 0.2) is 24.3 Å². The van der Waals surface area contributed by atoms with Gasteiger partial charge in [-0.2, -0.15) is 0 Å². The van der Waals surface area contributed by atoms with Gasteiger partial charge in [-0.3, -0.25) is 4.79 Å². The van der Waals surface area contributed by atoms with E-state index in [0.29, 0.717) is 13.1 Å². The molecule has 0 bridgehead atoms. The Bertz CT molecular complexity index is 530. The molecule has 0 saturated heterocycles. The quantitative estimate of drug-likeness (QED) is 0.884. The molecule has 3 N–H and O–H groups in total. The Balaban J connectivity index is 2.13. The van der Waals surface area contributed by atoms with E-state index in [-0.39, 0.29) is 11.8 Å². The van der Waals surface area contributed by atoms with Crippen molar-refractivity contribution in [3.8, 4) is 0 Å². The van der Waals surface area contributed by atoms with Crippen LogP contribution in [0.3, 0.4) is 0 Å². The predicted molar refractivity (Wildman–Crippen MR) is 81.5 cm³/mol. The fourth-order valence-corrected chi connectivity index (χ4v) is 2.72. The standard InChI is InChI=1S/C16H23N3O2/c1-3-11(2)14(18-16(17)21)15(20)19-9-8-12-6-4-5-7-13(12)10-19/h4-7,11,14H,3,8-10H2,1-2H3,(H3,17,18,21)/t11-,14+/m0/s1. The topological polar surface area (TPSA) is 75.4 Å². The Morgan fingerprint density at radius 1 is 1.33 bits per heavy atom. The second-order valence-electron chi connectivity index (χ2n) is 5.65. The molecule has 5 nitrogen and oxygen atoms in total. The second-order valence-corrected chi connectivity index (χ2v) is 5.65. The number of nitrogens with two attached hydrogens (primary N) is 1. The molecule has 0 saturated carbocycles. The number of fused-ring (bicyclic) bond motifs is 1. The van der Waals surface area contributed by atoms with Gasteiger partial charge in [0, 0.05) is 13.1 Å². The highest BCUT2D eigenvalue weighted by Gasteiger charge is 2.31. The molecule has 3 amide bonds. The summed E-state index contributed by atoms with van der Waals surface area (Å²) in [6.45, 7) is 5.24. The average Bonchev–Trinajstić information content (AvgIpc) is 2.50. The van der Waals surface area contributed by atoms with E-state index >= 15 is 0 Å². The van der Waals surface area contributed by atoms with E-state index in [2.05, 4.69) is 17.4 Å². The third-order valence-corrected chi connectivity index (χ3v) is 4.22. The lowest BCUT2D eigenvalue weighted by atomic mass is 9.95. The number of hydrogen-bond donors (Lipinski definition) is 2. The van der Waals surface area contributed by atoms with Gasteiger partial charge in [0.05, 0.1) is 0 Å². The van der Waals surface area contributed by atoms with Gasteiger partial charge in [0.2, 0.25) is 5.91 Å². The summed E-state index contributed by atoms with van der Waals surface area (Å²) in [5, 5.41) is 2.60. The van der Waals surface area contributed by atoms with Gasteiger partial charge < -0.3 is 16.0 Å². The van der Waals surface area contributed by atoms with Crippen molar-refractivity contribution >= 4 is 11.9 Å². The van der Waals surface area contributed by atoms with E-state index in [0.717, 1.165) is 12.8 Å². The number of carbonyl (C=O) groups is 2. The van der Waals surface area contributed by atoms with Crippen molar-refractivity contribution in [1.82, 2.24) is 10.2 Å². The minimum Gasteiger partial charge on any atom is -0.352 e. The van der Waals surface area contributed by atoms with E-state index in [9.17, 15) is 9.59 Å². The van der Waals surface area contributed by atoms with Crippen LogP contribution in [0, 0.1) is 5.92 Å². The smallest absolute Gasteiger partial charge is 0.312 e. The fraction of sp³-hybridized carbons (Fsp3) is 0.500. The zero-order chi connectivity index (χ0) is 15.4. The molecule has 1 heterocycles. The predicted octanol–water partition coefficient (Wildman–Crippen LogP) is 1.65. The molecule has 1 aromatic rings. The maximum absolute atomic E-state index is 12.7. The number of rotatable bonds is 4. The summed E-state index contributed by atoms with van der Waals surface area (Å²) in [4.78, 5) is 25.7. The zero-order valence-electron chi connectivity index (χ0n) is 12.6. The summed E-state index contributed by atoms with van der Waals surface area (Å²) in [6, 6.07) is 6.97. The third kappa shape index (κ3) is 3.54. The molecule has 2 atom stereocenters. The maximum Gasteiger partial charge on any atom is 0.312 e. The lowest BCUT2D eigenvalue weighted by Crippen LogP contribution is -2.53. The Hall–Kier alpha value is -2.04. The van der Waals surface area contributed by atoms with Gasteiger partial charge in [0.15, 0.2) is 0 Å². The highest BCUT2D eigenvalue weighted by molar-refractivity contribution is 5.87. The van der Waals surface area contributed by atoms with Crippen molar-refractivity contribution in [2.75, 3.05) is 6.54 Å². The van der Waals surface area contributed by atoms with Gasteiger partial charge in [-0.15, -0.1) is 0 Å². The first-order valence-corrected chi connectivity index (χ1v) is 7.44. The van der Waals surface area contributed by atoms with Crippen LogP contribution in [-0.2, 0) is 17.8 Å². The molecule has 114 valence electrons. The molecule has 1 aliphatic rings. The fourth-order valence-electron chi connectivity index (χ4n) is 2.72. The maximum atomic E-state index is 12.7. The number of carbonyl (C=O) groups excluding carboxylic acids is 2. The Morgan fingerprint density at radius 3 is 2.62 bits per heavy atom. The number of hydrogen-bond acceptors (Lipinski definition) is 2. The monoisotopic (exact) mass is 289 g/mol. The van der Waals surface area contributed by atoms with E-state index in [1.54, 1.807) is 0 Å². The molecular formula is C16H23N3O2. The Labute approximate surface area is 125 Å². The molecule has 21 heavy (non-hydrogen) atoms. The number of nitrogens with zero attached hydrogens (tertiary/aromatic N) is 1. The molecule has 1 aliphatic heterocycles. The van der Waals surface area contributed by atoms with Crippen molar-refractivity contribution < 1.29 is 9.59 Å². The van der Waals surface area contributed by atoms with Gasteiger partial charge in [-0.05, 0) is 23.5 Å². The highest BCUT2D eigenvalue weighted by atomic mass is 16.2. The number of benzene rings is 1. The van der Waals surface area contributed by atoms with Crippen molar-refractivity contribution in [3.05, 3.63) is 35.4 Å². The van der Waals surface area contributed by atoms with Gasteiger partial charge in [0.25, 0.3) is 0 Å². The Kier molecular flexibility index (Phi) is 4.83. The molecule has 5 heteroatoms. The molecule has 0 aliphatic carbocycles. The van der Waals surface area contributed by atoms with Crippen molar-refractivity contribution in [1.29, 1.82) is 0 Å². The Morgan fingerprint density at radius 2 is 2.00 bits per heavy atom. The van der Waals surface area contributed by atoms with Gasteiger partial charge in [0.1, 0.15) is 6.04 Å². The summed E-state index contributed by atoms with van der Waals surface area (Å²) >= 11 is 0. The van der Waals surface area contributed by atoms with Crippen LogP contribution in [0.1, 0.15) is 31.4 Å². The summed E-state index contributed by atoms with van der Waals surface area (Å²) < 4.78 is 0. The molecule has 0 spiro atoms. The molecule has 0 unspecified atom stereocenters. The molecule has 0 fully saturated rings. The van der Waals surface area contributed by atoms with Crippen LogP contribution in [0.4, 0.5) is 4.79 Å². The van der Waals surface area contributed by atoms with E-state index in [4.69, 9.17) is 5.73 Å². The van der Waals surface area contributed by atoms with Crippen LogP contribution in [0.5, 0.6) is 0 Å². The molecule has 2 rings (SSSR count). The lowest BCUT2D eigenvalue weighted by molar-refractivity contribution is -0.135. The SMILES string of the molecule is CC[C@H](C)[C@@H](NC(N)=O)C(=O)N1CCc2ccccc2C1. The van der Waals surface area contributed by atoms with Gasteiger partial charge >= 0.3 is 6.03 Å². The van der Waals surface area contributed by atoms with Gasteiger partial charge in [-0.1, -0.05) is 44.5 Å². The summed E-state index contributed by atoms with van der Waals surface area (Å²) in [5.41, 5.74) is 7.68. The first kappa shape index (κ1) is 15.4. The first-order valence-electron chi connectivity index (χ1n) is 7.44. The van der Waals surface area contributed by atoms with Gasteiger partial charge in [-0.25, -0.2) is 4.79 Å². The molecular weight excluding hydrogens is 266 g/mol. The molecule has 1 aromatic carbocycles. The largest absolute Gasteiger partial charge is 0.352 e. The summed E-state index contributed by atoms with van der Waals surface area (Å²) in [6.07, 6.45) is 1.66. The number of urea groups is 1. The summed E-state index contributed by atoms with van der Waals surface area (Å²) in [7, 11) is 0. The van der Waals surface area contributed by atoms with E-state index in [1.807, 2.05) is 30.9 Å². The molecule has 0 aromatic heterocycles. The summed E-state index contributed by atoms with van der Waals surface area (Å²) in [5.74, 6) is 0.0137. The van der Waals surface area contributed by atoms with Crippen LogP contribution in [-0.4, -0.2) is 29.4 Å². The second kappa shape index (κ2) is 6.61. The van der Waals surface area contributed by atoms with Crippen LogP contribution >= 0.6 is 0 Å².